The fourth-order valence-electron chi connectivity index (χ4n) is 3.15. The molecule has 1 N–H and O–H groups in total. The highest BCUT2D eigenvalue weighted by molar-refractivity contribution is 6.42. The zero-order chi connectivity index (χ0) is 17.6. The van der Waals surface area contributed by atoms with Crippen LogP contribution >= 0.6 is 23.2 Å². The van der Waals surface area contributed by atoms with Crippen molar-refractivity contribution < 1.29 is 0 Å². The third-order valence-electron chi connectivity index (χ3n) is 4.48. The molecule has 0 aliphatic carbocycles. The minimum absolute atomic E-state index is 0.597. The standard InChI is InChI=1S/C21H24Cl2N2/c1-2-3-6-11-24-13-17-15-25(21-8-5-4-7-18(17)21)14-16-9-10-19(22)20(23)12-16/h4-5,7-10,12,15,24H,2-3,6,11,13-14H2,1H3. The summed E-state index contributed by atoms with van der Waals surface area (Å²) in [6.07, 6.45) is 6.02. The van der Waals surface area contributed by atoms with Gasteiger partial charge >= 0.3 is 0 Å². The van der Waals surface area contributed by atoms with Crippen molar-refractivity contribution in [3.63, 3.8) is 0 Å². The topological polar surface area (TPSA) is 17.0 Å². The summed E-state index contributed by atoms with van der Waals surface area (Å²) < 4.78 is 2.29. The fourth-order valence-corrected chi connectivity index (χ4v) is 3.47. The van der Waals surface area contributed by atoms with Crippen molar-refractivity contribution in [2.45, 2.75) is 39.3 Å². The summed E-state index contributed by atoms with van der Waals surface area (Å²) >= 11 is 12.2. The number of hydrogen-bond donors (Lipinski definition) is 1. The predicted molar refractivity (Wildman–Crippen MR) is 109 cm³/mol. The molecule has 0 bridgehead atoms. The Balaban J connectivity index is 1.79. The van der Waals surface area contributed by atoms with Crippen LogP contribution in [-0.2, 0) is 13.1 Å². The van der Waals surface area contributed by atoms with Gasteiger partial charge in [0.25, 0.3) is 0 Å². The van der Waals surface area contributed by atoms with Gasteiger partial charge in [0, 0.05) is 30.2 Å². The Morgan fingerprint density at radius 1 is 1.00 bits per heavy atom. The number of hydrogen-bond acceptors (Lipinski definition) is 1. The summed E-state index contributed by atoms with van der Waals surface area (Å²) in [7, 11) is 0. The van der Waals surface area contributed by atoms with E-state index in [9.17, 15) is 0 Å². The van der Waals surface area contributed by atoms with Gasteiger partial charge in [-0.2, -0.15) is 0 Å². The lowest BCUT2D eigenvalue weighted by Gasteiger charge is -2.07. The molecule has 0 fully saturated rings. The smallest absolute Gasteiger partial charge is 0.0595 e. The Morgan fingerprint density at radius 3 is 2.64 bits per heavy atom. The van der Waals surface area contributed by atoms with E-state index in [2.05, 4.69) is 47.3 Å². The highest BCUT2D eigenvalue weighted by atomic mass is 35.5. The largest absolute Gasteiger partial charge is 0.343 e. The number of unbranched alkanes of at least 4 members (excludes halogenated alkanes) is 2. The third kappa shape index (κ3) is 4.58. The average Bonchev–Trinajstić information content (AvgIpc) is 2.96. The van der Waals surface area contributed by atoms with Crippen LogP contribution in [0.25, 0.3) is 10.9 Å². The van der Waals surface area contributed by atoms with E-state index in [1.54, 1.807) is 0 Å². The first-order chi connectivity index (χ1) is 12.2. The molecule has 1 heterocycles. The number of halogens is 2. The Hall–Kier alpha value is -1.48. The van der Waals surface area contributed by atoms with Crippen LogP contribution in [0.3, 0.4) is 0 Å². The van der Waals surface area contributed by atoms with E-state index < -0.39 is 0 Å². The molecule has 132 valence electrons. The first-order valence-corrected chi connectivity index (χ1v) is 9.66. The molecular weight excluding hydrogens is 351 g/mol. The van der Waals surface area contributed by atoms with Crippen LogP contribution < -0.4 is 5.32 Å². The number of aromatic nitrogens is 1. The van der Waals surface area contributed by atoms with Crippen molar-refractivity contribution in [1.29, 1.82) is 0 Å². The molecule has 0 spiro atoms. The van der Waals surface area contributed by atoms with E-state index in [4.69, 9.17) is 23.2 Å². The minimum atomic E-state index is 0.597. The van der Waals surface area contributed by atoms with Gasteiger partial charge in [-0.15, -0.1) is 0 Å². The fraction of sp³-hybridized carbons (Fsp3) is 0.333. The second-order valence-corrected chi connectivity index (χ2v) is 7.25. The van der Waals surface area contributed by atoms with Crippen LogP contribution in [-0.4, -0.2) is 11.1 Å². The van der Waals surface area contributed by atoms with Gasteiger partial charge in [0.2, 0.25) is 0 Å². The van der Waals surface area contributed by atoms with Crippen LogP contribution in [0.15, 0.2) is 48.7 Å². The summed E-state index contributed by atoms with van der Waals surface area (Å²) in [6.45, 7) is 4.99. The number of fused-ring (bicyclic) bond motifs is 1. The number of nitrogens with zero attached hydrogens (tertiary/aromatic N) is 1. The average molecular weight is 375 g/mol. The van der Waals surface area contributed by atoms with Crippen LogP contribution in [0.1, 0.15) is 37.3 Å². The molecule has 0 saturated carbocycles. The molecule has 2 nitrogen and oxygen atoms in total. The maximum absolute atomic E-state index is 6.16. The van der Waals surface area contributed by atoms with E-state index in [1.165, 1.54) is 35.7 Å². The molecule has 0 aliphatic rings. The Labute approximate surface area is 159 Å². The maximum atomic E-state index is 6.16. The first kappa shape index (κ1) is 18.3. The molecule has 3 rings (SSSR count). The summed E-state index contributed by atoms with van der Waals surface area (Å²) in [5, 5.41) is 6.08. The molecule has 1 aromatic heterocycles. The van der Waals surface area contributed by atoms with Crippen molar-refractivity contribution in [2.24, 2.45) is 0 Å². The minimum Gasteiger partial charge on any atom is -0.343 e. The van der Waals surface area contributed by atoms with E-state index in [-0.39, 0.29) is 0 Å². The number of nitrogens with one attached hydrogen (secondary N) is 1. The van der Waals surface area contributed by atoms with Gasteiger partial charge in [-0.3, -0.25) is 0 Å². The van der Waals surface area contributed by atoms with Gasteiger partial charge in [-0.05, 0) is 42.3 Å². The summed E-state index contributed by atoms with van der Waals surface area (Å²) in [4.78, 5) is 0. The van der Waals surface area contributed by atoms with Crippen molar-refractivity contribution in [3.05, 3.63) is 69.8 Å². The van der Waals surface area contributed by atoms with Gasteiger partial charge in [-0.1, -0.05) is 67.2 Å². The van der Waals surface area contributed by atoms with E-state index in [0.29, 0.717) is 10.0 Å². The molecule has 0 atom stereocenters. The van der Waals surface area contributed by atoms with Crippen LogP contribution in [0.2, 0.25) is 10.0 Å². The van der Waals surface area contributed by atoms with E-state index in [1.807, 2.05) is 18.2 Å². The molecule has 25 heavy (non-hydrogen) atoms. The number of benzene rings is 2. The van der Waals surface area contributed by atoms with Gasteiger partial charge in [0.1, 0.15) is 0 Å². The van der Waals surface area contributed by atoms with E-state index in [0.717, 1.165) is 25.2 Å². The molecule has 2 aromatic carbocycles. The maximum Gasteiger partial charge on any atom is 0.0595 e. The molecule has 0 amide bonds. The first-order valence-electron chi connectivity index (χ1n) is 8.90. The summed E-state index contributed by atoms with van der Waals surface area (Å²) in [5.41, 5.74) is 3.74. The van der Waals surface area contributed by atoms with Gasteiger partial charge in [-0.25, -0.2) is 0 Å². The number of rotatable bonds is 8. The third-order valence-corrected chi connectivity index (χ3v) is 5.22. The molecule has 0 saturated heterocycles. The highest BCUT2D eigenvalue weighted by Gasteiger charge is 2.09. The zero-order valence-electron chi connectivity index (χ0n) is 14.6. The molecule has 0 radical (unpaired) electrons. The van der Waals surface area contributed by atoms with Crippen LogP contribution in [0.5, 0.6) is 0 Å². The van der Waals surface area contributed by atoms with Gasteiger partial charge in [0.05, 0.1) is 10.0 Å². The van der Waals surface area contributed by atoms with Crippen molar-refractivity contribution in [2.75, 3.05) is 6.54 Å². The molecule has 4 heteroatoms. The quantitative estimate of drug-likeness (QED) is 0.459. The lowest BCUT2D eigenvalue weighted by molar-refractivity contribution is 0.617. The lowest BCUT2D eigenvalue weighted by atomic mass is 10.1. The van der Waals surface area contributed by atoms with Gasteiger partial charge in [0.15, 0.2) is 0 Å². The monoisotopic (exact) mass is 374 g/mol. The molecule has 0 unspecified atom stereocenters. The Morgan fingerprint density at radius 2 is 1.84 bits per heavy atom. The summed E-state index contributed by atoms with van der Waals surface area (Å²) in [5.74, 6) is 0. The Bertz CT molecular complexity index is 839. The van der Waals surface area contributed by atoms with Crippen LogP contribution in [0, 0.1) is 0 Å². The van der Waals surface area contributed by atoms with Crippen molar-refractivity contribution >= 4 is 34.1 Å². The lowest BCUT2D eigenvalue weighted by Crippen LogP contribution is -2.14. The molecule has 0 aliphatic heterocycles. The highest BCUT2D eigenvalue weighted by Crippen LogP contribution is 2.26. The molecule has 3 aromatic rings. The van der Waals surface area contributed by atoms with E-state index >= 15 is 0 Å². The zero-order valence-corrected chi connectivity index (χ0v) is 16.1. The number of para-hydroxylation sites is 1. The normalized spacial score (nSPS) is 11.3. The SMILES string of the molecule is CCCCCNCc1cn(Cc2ccc(Cl)c(Cl)c2)c2ccccc12. The Kier molecular flexibility index (Phi) is 6.41. The van der Waals surface area contributed by atoms with Gasteiger partial charge < -0.3 is 9.88 Å². The van der Waals surface area contributed by atoms with Crippen molar-refractivity contribution in [3.8, 4) is 0 Å². The summed E-state index contributed by atoms with van der Waals surface area (Å²) in [6, 6.07) is 14.4. The van der Waals surface area contributed by atoms with Crippen LogP contribution in [0.4, 0.5) is 0 Å². The second kappa shape index (κ2) is 8.75. The molecular formula is C21H24Cl2N2. The predicted octanol–water partition coefficient (Wildman–Crippen LogP) is 6.28. The second-order valence-electron chi connectivity index (χ2n) is 6.43. The van der Waals surface area contributed by atoms with Crippen molar-refractivity contribution in [1.82, 2.24) is 9.88 Å².